The maximum atomic E-state index is 12.2. The zero-order valence-electron chi connectivity index (χ0n) is 12.1. The lowest BCUT2D eigenvalue weighted by atomic mass is 10.3. The number of amides is 1. The number of benzene rings is 2. The fraction of sp³-hybridized carbons (Fsp3) is 0.133. The van der Waals surface area contributed by atoms with Crippen molar-refractivity contribution >= 4 is 55.8 Å². The van der Waals surface area contributed by atoms with Crippen molar-refractivity contribution in [2.75, 3.05) is 5.32 Å². The van der Waals surface area contributed by atoms with Gasteiger partial charge in [0.05, 0.1) is 10.9 Å². The SMILES string of the molecule is C[C@H](NS(=O)(=O)c1ccc(Cl)cc1)C(=O)Nc1ccc(I)cc1. The van der Waals surface area contributed by atoms with E-state index in [1.165, 1.54) is 31.2 Å². The Bertz CT molecular complexity index is 792. The summed E-state index contributed by atoms with van der Waals surface area (Å²) < 4.78 is 27.8. The fourth-order valence-corrected chi connectivity index (χ4v) is 3.44. The molecule has 2 aromatic carbocycles. The van der Waals surface area contributed by atoms with E-state index in [9.17, 15) is 13.2 Å². The minimum absolute atomic E-state index is 0.0517. The molecule has 0 aliphatic rings. The van der Waals surface area contributed by atoms with Gasteiger partial charge in [-0.05, 0) is 78.0 Å². The molecule has 1 atom stereocenters. The summed E-state index contributed by atoms with van der Waals surface area (Å²) in [6.07, 6.45) is 0. The molecule has 0 saturated carbocycles. The van der Waals surface area contributed by atoms with E-state index in [1.807, 2.05) is 12.1 Å². The van der Waals surface area contributed by atoms with Crippen LogP contribution in [0.1, 0.15) is 6.92 Å². The number of hydrogen-bond donors (Lipinski definition) is 2. The van der Waals surface area contributed by atoms with Gasteiger partial charge in [-0.25, -0.2) is 8.42 Å². The number of hydrogen-bond acceptors (Lipinski definition) is 3. The summed E-state index contributed by atoms with van der Waals surface area (Å²) in [6, 6.07) is 12.0. The molecule has 2 rings (SSSR count). The van der Waals surface area contributed by atoms with Crippen LogP contribution in [0.5, 0.6) is 0 Å². The fourth-order valence-electron chi connectivity index (χ4n) is 1.75. The first-order valence-corrected chi connectivity index (χ1v) is 9.56. The van der Waals surface area contributed by atoms with E-state index in [2.05, 4.69) is 32.6 Å². The third-order valence-corrected chi connectivity index (χ3v) is 5.49. The van der Waals surface area contributed by atoms with Crippen LogP contribution >= 0.6 is 34.2 Å². The molecule has 23 heavy (non-hydrogen) atoms. The number of sulfonamides is 1. The third kappa shape index (κ3) is 5.17. The molecule has 1 amide bonds. The maximum Gasteiger partial charge on any atom is 0.242 e. The number of anilines is 1. The van der Waals surface area contributed by atoms with E-state index in [4.69, 9.17) is 11.6 Å². The summed E-state index contributed by atoms with van der Waals surface area (Å²) in [5.41, 5.74) is 0.605. The number of carbonyl (C=O) groups excluding carboxylic acids is 1. The van der Waals surface area contributed by atoms with Gasteiger partial charge in [0.2, 0.25) is 15.9 Å². The Balaban J connectivity index is 2.05. The molecule has 0 aliphatic carbocycles. The molecule has 0 saturated heterocycles. The van der Waals surface area contributed by atoms with Gasteiger partial charge in [0, 0.05) is 14.3 Å². The van der Waals surface area contributed by atoms with Crippen molar-refractivity contribution in [2.45, 2.75) is 17.9 Å². The second kappa shape index (κ2) is 7.61. The van der Waals surface area contributed by atoms with Crippen LogP contribution in [0.4, 0.5) is 5.69 Å². The predicted molar refractivity (Wildman–Crippen MR) is 99.0 cm³/mol. The van der Waals surface area contributed by atoms with Gasteiger partial charge in [-0.3, -0.25) is 4.79 Å². The van der Waals surface area contributed by atoms with Crippen molar-refractivity contribution in [2.24, 2.45) is 0 Å². The Morgan fingerprint density at radius 2 is 1.65 bits per heavy atom. The van der Waals surface area contributed by atoms with Crippen LogP contribution in [0.15, 0.2) is 53.4 Å². The highest BCUT2D eigenvalue weighted by Crippen LogP contribution is 2.15. The zero-order chi connectivity index (χ0) is 17.0. The van der Waals surface area contributed by atoms with Crippen LogP contribution in [-0.2, 0) is 14.8 Å². The molecule has 0 spiro atoms. The van der Waals surface area contributed by atoms with Crippen LogP contribution in [-0.4, -0.2) is 20.4 Å². The van der Waals surface area contributed by atoms with Gasteiger partial charge in [-0.15, -0.1) is 0 Å². The summed E-state index contributed by atoms with van der Waals surface area (Å²) in [7, 11) is -3.79. The van der Waals surface area contributed by atoms with Crippen molar-refractivity contribution in [1.82, 2.24) is 4.72 Å². The largest absolute Gasteiger partial charge is 0.325 e. The summed E-state index contributed by atoms with van der Waals surface area (Å²) in [5.74, 6) is -0.441. The molecule has 122 valence electrons. The first kappa shape index (κ1) is 18.2. The molecular weight excluding hydrogens is 451 g/mol. The normalized spacial score (nSPS) is 12.7. The van der Waals surface area contributed by atoms with Crippen LogP contribution in [0.2, 0.25) is 5.02 Å². The van der Waals surface area contributed by atoms with E-state index in [0.29, 0.717) is 10.7 Å². The maximum absolute atomic E-state index is 12.2. The minimum Gasteiger partial charge on any atom is -0.325 e. The van der Waals surface area contributed by atoms with Crippen molar-refractivity contribution in [3.63, 3.8) is 0 Å². The molecule has 0 bridgehead atoms. The molecule has 2 N–H and O–H groups in total. The lowest BCUT2D eigenvalue weighted by Gasteiger charge is -2.14. The van der Waals surface area contributed by atoms with Gasteiger partial charge in [0.15, 0.2) is 0 Å². The second-order valence-corrected chi connectivity index (χ2v) is 8.19. The van der Waals surface area contributed by atoms with Gasteiger partial charge >= 0.3 is 0 Å². The van der Waals surface area contributed by atoms with Gasteiger partial charge in [0.25, 0.3) is 0 Å². The Kier molecular flexibility index (Phi) is 6.01. The smallest absolute Gasteiger partial charge is 0.242 e. The Labute approximate surface area is 153 Å². The summed E-state index contributed by atoms with van der Waals surface area (Å²) >= 11 is 7.90. The van der Waals surface area contributed by atoms with Crippen molar-refractivity contribution in [1.29, 1.82) is 0 Å². The quantitative estimate of drug-likeness (QED) is 0.667. The number of carbonyl (C=O) groups is 1. The van der Waals surface area contributed by atoms with E-state index < -0.39 is 22.0 Å². The molecule has 0 heterocycles. The van der Waals surface area contributed by atoms with E-state index in [1.54, 1.807) is 12.1 Å². The Morgan fingerprint density at radius 1 is 1.09 bits per heavy atom. The Hall–Kier alpha value is -1.16. The average Bonchev–Trinajstić information content (AvgIpc) is 2.49. The van der Waals surface area contributed by atoms with Crippen molar-refractivity contribution in [3.05, 3.63) is 57.1 Å². The lowest BCUT2D eigenvalue weighted by molar-refractivity contribution is -0.117. The molecule has 0 fully saturated rings. The zero-order valence-corrected chi connectivity index (χ0v) is 15.8. The molecule has 5 nitrogen and oxygen atoms in total. The highest BCUT2D eigenvalue weighted by atomic mass is 127. The monoisotopic (exact) mass is 464 g/mol. The number of rotatable bonds is 5. The van der Waals surface area contributed by atoms with Gasteiger partial charge in [0.1, 0.15) is 0 Å². The number of halogens is 2. The highest BCUT2D eigenvalue weighted by molar-refractivity contribution is 14.1. The molecule has 0 radical (unpaired) electrons. The predicted octanol–water partition coefficient (Wildman–Crippen LogP) is 3.25. The topological polar surface area (TPSA) is 75.3 Å². The van der Waals surface area contributed by atoms with E-state index in [-0.39, 0.29) is 4.90 Å². The summed E-state index contributed by atoms with van der Waals surface area (Å²) in [4.78, 5) is 12.2. The summed E-state index contributed by atoms with van der Waals surface area (Å²) in [6.45, 7) is 1.48. The van der Waals surface area contributed by atoms with Gasteiger partial charge < -0.3 is 5.32 Å². The third-order valence-electron chi connectivity index (χ3n) is 2.96. The number of nitrogens with one attached hydrogen (secondary N) is 2. The van der Waals surface area contributed by atoms with Crippen molar-refractivity contribution < 1.29 is 13.2 Å². The highest BCUT2D eigenvalue weighted by Gasteiger charge is 2.22. The van der Waals surface area contributed by atoms with Crippen LogP contribution in [0.25, 0.3) is 0 Å². The van der Waals surface area contributed by atoms with Crippen LogP contribution < -0.4 is 10.0 Å². The van der Waals surface area contributed by atoms with Crippen LogP contribution in [0.3, 0.4) is 0 Å². The molecule has 2 aromatic rings. The first-order valence-electron chi connectivity index (χ1n) is 6.62. The van der Waals surface area contributed by atoms with Crippen molar-refractivity contribution in [3.8, 4) is 0 Å². The Morgan fingerprint density at radius 3 is 2.22 bits per heavy atom. The minimum atomic E-state index is -3.79. The lowest BCUT2D eigenvalue weighted by Crippen LogP contribution is -2.41. The van der Waals surface area contributed by atoms with E-state index >= 15 is 0 Å². The summed E-state index contributed by atoms with van der Waals surface area (Å²) in [5, 5.41) is 3.10. The average molecular weight is 465 g/mol. The standard InChI is InChI=1S/C15H14ClIN2O3S/c1-10(15(20)18-13-6-4-12(17)5-7-13)19-23(21,22)14-8-2-11(16)3-9-14/h2-10,19H,1H3,(H,18,20)/t10-/m0/s1. The molecule has 8 heteroatoms. The molecule has 0 unspecified atom stereocenters. The van der Waals surface area contributed by atoms with Gasteiger partial charge in [-0.1, -0.05) is 11.6 Å². The molecule has 0 aromatic heterocycles. The van der Waals surface area contributed by atoms with Crippen LogP contribution in [0, 0.1) is 3.57 Å². The molecule has 0 aliphatic heterocycles. The van der Waals surface area contributed by atoms with Gasteiger partial charge in [-0.2, -0.15) is 4.72 Å². The second-order valence-electron chi connectivity index (χ2n) is 4.79. The van der Waals surface area contributed by atoms with E-state index in [0.717, 1.165) is 3.57 Å². The molecular formula is C15H14ClIN2O3S. The first-order chi connectivity index (χ1) is 10.8.